The Hall–Kier alpha value is -2.89. The van der Waals surface area contributed by atoms with E-state index in [1.54, 1.807) is 12.3 Å². The van der Waals surface area contributed by atoms with Crippen LogP contribution < -0.4 is 0 Å². The zero-order valence-electron chi connectivity index (χ0n) is 17.0. The Morgan fingerprint density at radius 1 is 0.969 bits per heavy atom. The smallest absolute Gasteiger partial charge is 0.254 e. The zero-order chi connectivity index (χ0) is 22.0. The Labute approximate surface area is 194 Å². The van der Waals surface area contributed by atoms with Crippen molar-refractivity contribution in [3.63, 3.8) is 0 Å². The Morgan fingerprint density at radius 3 is 2.41 bits per heavy atom. The van der Waals surface area contributed by atoms with E-state index in [0.29, 0.717) is 16.6 Å². The highest BCUT2D eigenvalue weighted by molar-refractivity contribution is 6.42. The molecule has 1 saturated heterocycles. The van der Waals surface area contributed by atoms with E-state index in [1.165, 1.54) is 0 Å². The number of aromatic nitrogens is 1. The molecule has 2 fully saturated rings. The number of para-hydroxylation sites is 1. The second-order valence-electron chi connectivity index (χ2n) is 8.71. The van der Waals surface area contributed by atoms with Gasteiger partial charge in [0.15, 0.2) is 0 Å². The number of hydrazone groups is 1. The highest BCUT2D eigenvalue weighted by atomic mass is 35.5. The molecule has 5 nitrogen and oxygen atoms in total. The Balaban J connectivity index is 1.32. The molecule has 160 valence electrons. The Kier molecular flexibility index (Phi) is 4.52. The summed E-state index contributed by atoms with van der Waals surface area (Å²) in [6.07, 6.45) is 8.68. The summed E-state index contributed by atoms with van der Waals surface area (Å²) >= 11 is 12.2. The first-order valence-corrected chi connectivity index (χ1v) is 11.4. The molecular formula is C25H19Cl2N3O2. The topological polar surface area (TPSA) is 54.7 Å². The number of imide groups is 1. The summed E-state index contributed by atoms with van der Waals surface area (Å²) in [6.45, 7) is 0.603. The number of rotatable bonds is 4. The van der Waals surface area contributed by atoms with E-state index in [2.05, 4.69) is 21.8 Å². The maximum absolute atomic E-state index is 12.9. The van der Waals surface area contributed by atoms with Crippen molar-refractivity contribution >= 4 is 52.1 Å². The van der Waals surface area contributed by atoms with Gasteiger partial charge in [0.2, 0.25) is 0 Å². The van der Waals surface area contributed by atoms with Crippen molar-refractivity contribution in [1.29, 1.82) is 0 Å². The van der Waals surface area contributed by atoms with E-state index in [9.17, 15) is 9.59 Å². The summed E-state index contributed by atoms with van der Waals surface area (Å²) in [7, 11) is 0. The lowest BCUT2D eigenvalue weighted by Gasteiger charge is -2.13. The summed E-state index contributed by atoms with van der Waals surface area (Å²) < 4.78 is 2.10. The van der Waals surface area contributed by atoms with Crippen LogP contribution in [0.25, 0.3) is 10.9 Å². The summed E-state index contributed by atoms with van der Waals surface area (Å²) in [6, 6.07) is 13.6. The highest BCUT2D eigenvalue weighted by Crippen LogP contribution is 2.52. The first-order valence-electron chi connectivity index (χ1n) is 10.6. The molecule has 3 aromatic rings. The third-order valence-electron chi connectivity index (χ3n) is 6.92. The molecule has 0 radical (unpaired) electrons. The van der Waals surface area contributed by atoms with Crippen LogP contribution in [0.4, 0.5) is 0 Å². The molecule has 7 heteroatoms. The number of hydrogen-bond acceptors (Lipinski definition) is 3. The number of amides is 2. The lowest BCUT2D eigenvalue weighted by Crippen LogP contribution is -2.28. The molecule has 1 saturated carbocycles. The number of halogens is 2. The van der Waals surface area contributed by atoms with Crippen LogP contribution in [0.1, 0.15) is 17.5 Å². The second-order valence-corrected chi connectivity index (χ2v) is 9.53. The normalized spacial score (nSPS) is 26.2. The van der Waals surface area contributed by atoms with Gasteiger partial charge >= 0.3 is 0 Å². The molecule has 2 heterocycles. The largest absolute Gasteiger partial charge is 0.342 e. The minimum absolute atomic E-state index is 0.173. The number of benzene rings is 2. The molecule has 4 unspecified atom stereocenters. The van der Waals surface area contributed by atoms with E-state index in [4.69, 9.17) is 23.2 Å². The van der Waals surface area contributed by atoms with Crippen LogP contribution in [-0.4, -0.2) is 27.6 Å². The van der Waals surface area contributed by atoms with Gasteiger partial charge in [-0.15, -0.1) is 0 Å². The SMILES string of the molecule is O=C1C2C3C=CC(C3)C2C(=O)N1N=Cc1cn(Cc2ccc(Cl)c(Cl)c2)c2ccccc12. The molecule has 2 amide bonds. The Bertz CT molecular complexity index is 1310. The molecular weight excluding hydrogens is 445 g/mol. The van der Waals surface area contributed by atoms with Gasteiger partial charge < -0.3 is 4.57 Å². The minimum atomic E-state index is -0.245. The van der Waals surface area contributed by atoms with E-state index in [1.807, 2.05) is 42.6 Å². The summed E-state index contributed by atoms with van der Waals surface area (Å²) in [5, 5.41) is 7.49. The van der Waals surface area contributed by atoms with Gasteiger partial charge in [0.25, 0.3) is 11.8 Å². The second kappa shape index (κ2) is 7.32. The van der Waals surface area contributed by atoms with Gasteiger partial charge in [-0.3, -0.25) is 9.59 Å². The van der Waals surface area contributed by atoms with Crippen molar-refractivity contribution in [1.82, 2.24) is 9.58 Å². The predicted octanol–water partition coefficient (Wildman–Crippen LogP) is 5.14. The lowest BCUT2D eigenvalue weighted by atomic mass is 9.85. The van der Waals surface area contributed by atoms with Crippen LogP contribution in [0.3, 0.4) is 0 Å². The number of nitrogens with zero attached hydrogens (tertiary/aromatic N) is 3. The summed E-state index contributed by atoms with van der Waals surface area (Å²) in [5.74, 6) is -0.485. The minimum Gasteiger partial charge on any atom is -0.342 e. The van der Waals surface area contributed by atoms with E-state index >= 15 is 0 Å². The molecule has 3 aliphatic rings. The number of hydrogen-bond donors (Lipinski definition) is 0. The fourth-order valence-electron chi connectivity index (χ4n) is 5.46. The monoisotopic (exact) mass is 463 g/mol. The zero-order valence-corrected chi connectivity index (χ0v) is 18.5. The molecule has 0 spiro atoms. The van der Waals surface area contributed by atoms with Gasteiger partial charge in [-0.1, -0.05) is 59.6 Å². The fraction of sp³-hybridized carbons (Fsp3) is 0.240. The predicted molar refractivity (Wildman–Crippen MR) is 125 cm³/mol. The molecule has 4 atom stereocenters. The van der Waals surface area contributed by atoms with Crippen LogP contribution in [0, 0.1) is 23.7 Å². The average Bonchev–Trinajstić information content (AvgIpc) is 3.54. The third-order valence-corrected chi connectivity index (χ3v) is 7.65. The molecule has 32 heavy (non-hydrogen) atoms. The van der Waals surface area contributed by atoms with Crippen molar-refractivity contribution in [2.24, 2.45) is 28.8 Å². The lowest BCUT2D eigenvalue weighted by molar-refractivity contribution is -0.140. The van der Waals surface area contributed by atoms with E-state index < -0.39 is 0 Å². The molecule has 2 aliphatic carbocycles. The molecule has 1 aromatic heterocycles. The summed E-state index contributed by atoms with van der Waals surface area (Å²) in [4.78, 5) is 25.8. The van der Waals surface area contributed by atoms with Crippen molar-refractivity contribution in [2.75, 3.05) is 0 Å². The number of carbonyl (C=O) groups excluding carboxylic acids is 2. The Morgan fingerprint density at radius 2 is 1.69 bits per heavy atom. The molecule has 1 aliphatic heterocycles. The standard InChI is InChI=1S/C25H19Cl2N3O2/c26-19-8-5-14(9-20(19)27)12-29-13-17(18-3-1-2-4-21(18)29)11-28-30-24(31)22-15-6-7-16(10-15)23(22)25(30)32/h1-9,11,13,15-16,22-23H,10,12H2. The molecule has 6 rings (SSSR count). The van der Waals surface area contributed by atoms with Crippen LogP contribution in [-0.2, 0) is 16.1 Å². The fourth-order valence-corrected chi connectivity index (χ4v) is 5.78. The molecule has 2 aromatic carbocycles. The van der Waals surface area contributed by atoms with Crippen LogP contribution >= 0.6 is 23.2 Å². The van der Waals surface area contributed by atoms with Gasteiger partial charge in [0, 0.05) is 29.2 Å². The number of allylic oxidation sites excluding steroid dienone is 2. The highest BCUT2D eigenvalue weighted by Gasteiger charge is 2.59. The quantitative estimate of drug-likeness (QED) is 0.305. The maximum Gasteiger partial charge on any atom is 0.254 e. The average molecular weight is 464 g/mol. The van der Waals surface area contributed by atoms with Gasteiger partial charge in [-0.25, -0.2) is 0 Å². The first-order chi connectivity index (χ1) is 15.5. The first kappa shape index (κ1) is 19.8. The number of carbonyl (C=O) groups is 2. The van der Waals surface area contributed by atoms with Gasteiger partial charge in [-0.05, 0) is 42.0 Å². The van der Waals surface area contributed by atoms with E-state index in [0.717, 1.165) is 33.5 Å². The molecule has 2 bridgehead atoms. The van der Waals surface area contributed by atoms with Crippen molar-refractivity contribution < 1.29 is 9.59 Å². The number of fused-ring (bicyclic) bond motifs is 6. The van der Waals surface area contributed by atoms with Crippen molar-refractivity contribution in [2.45, 2.75) is 13.0 Å². The summed E-state index contributed by atoms with van der Waals surface area (Å²) in [5.41, 5.74) is 2.89. The van der Waals surface area contributed by atoms with Crippen LogP contribution in [0.5, 0.6) is 0 Å². The van der Waals surface area contributed by atoms with Gasteiger partial charge in [0.1, 0.15) is 0 Å². The van der Waals surface area contributed by atoms with E-state index in [-0.39, 0.29) is 35.5 Å². The van der Waals surface area contributed by atoms with Gasteiger partial charge in [0.05, 0.1) is 28.1 Å². The molecule has 0 N–H and O–H groups in total. The van der Waals surface area contributed by atoms with Crippen LogP contribution in [0.2, 0.25) is 10.0 Å². The van der Waals surface area contributed by atoms with Crippen molar-refractivity contribution in [3.05, 3.63) is 82.0 Å². The third kappa shape index (κ3) is 2.95. The maximum atomic E-state index is 12.9. The van der Waals surface area contributed by atoms with Crippen molar-refractivity contribution in [3.8, 4) is 0 Å². The van der Waals surface area contributed by atoms with Gasteiger partial charge in [-0.2, -0.15) is 10.1 Å². The van der Waals surface area contributed by atoms with Crippen LogP contribution in [0.15, 0.2) is 65.9 Å².